The summed E-state index contributed by atoms with van der Waals surface area (Å²) in [5.41, 5.74) is 5.47. The fourth-order valence-electron chi connectivity index (χ4n) is 1.96. The monoisotopic (exact) mass is 216 g/mol. The molecule has 84 valence electrons. The molecule has 0 amide bonds. The Kier molecular flexibility index (Phi) is 5.28. The Morgan fingerprint density at radius 3 is 2.71 bits per heavy atom. The van der Waals surface area contributed by atoms with E-state index in [2.05, 4.69) is 30.5 Å². The Morgan fingerprint density at radius 1 is 1.29 bits per heavy atom. The molecule has 0 aromatic rings. The predicted octanol–water partition coefficient (Wildman–Crippen LogP) is 1.94. The molecule has 0 saturated carbocycles. The zero-order valence-corrected chi connectivity index (χ0v) is 10.4. The molecular weight excluding hydrogens is 192 g/mol. The van der Waals surface area contributed by atoms with E-state index < -0.39 is 0 Å². The van der Waals surface area contributed by atoms with Gasteiger partial charge in [0.2, 0.25) is 0 Å². The standard InChI is InChI=1S/C11H24N2S/c1-11(2)10-13(8-9-14-11)7-5-3-4-6-12/h3-10,12H2,1-2H3. The molecule has 0 spiro atoms. The van der Waals surface area contributed by atoms with Crippen LogP contribution in [0.15, 0.2) is 0 Å². The van der Waals surface area contributed by atoms with Gasteiger partial charge in [-0.05, 0) is 39.8 Å². The van der Waals surface area contributed by atoms with E-state index in [0.717, 1.165) is 6.54 Å². The Bertz CT molecular complexity index is 159. The number of thioether (sulfide) groups is 1. The normalized spacial score (nSPS) is 22.5. The Morgan fingerprint density at radius 2 is 2.07 bits per heavy atom. The third-order valence-electron chi connectivity index (χ3n) is 2.68. The molecule has 3 heteroatoms. The van der Waals surface area contributed by atoms with Crippen molar-refractivity contribution in [3.8, 4) is 0 Å². The average Bonchev–Trinajstić information content (AvgIpc) is 2.11. The third kappa shape index (κ3) is 4.67. The second kappa shape index (κ2) is 5.99. The highest BCUT2D eigenvalue weighted by atomic mass is 32.2. The van der Waals surface area contributed by atoms with Crippen LogP contribution in [0, 0.1) is 0 Å². The molecule has 1 aliphatic heterocycles. The summed E-state index contributed by atoms with van der Waals surface area (Å²) in [6.45, 7) is 9.34. The van der Waals surface area contributed by atoms with Crippen molar-refractivity contribution in [2.24, 2.45) is 5.73 Å². The van der Waals surface area contributed by atoms with Crippen LogP contribution in [0.1, 0.15) is 33.1 Å². The van der Waals surface area contributed by atoms with Crippen molar-refractivity contribution in [3.05, 3.63) is 0 Å². The molecule has 1 heterocycles. The molecule has 0 radical (unpaired) electrons. The van der Waals surface area contributed by atoms with Gasteiger partial charge in [-0.3, -0.25) is 0 Å². The summed E-state index contributed by atoms with van der Waals surface area (Å²) in [6.07, 6.45) is 3.80. The van der Waals surface area contributed by atoms with Gasteiger partial charge in [-0.1, -0.05) is 6.42 Å². The second-order valence-electron chi connectivity index (χ2n) is 4.73. The van der Waals surface area contributed by atoms with Crippen molar-refractivity contribution < 1.29 is 0 Å². The van der Waals surface area contributed by atoms with Crippen LogP contribution < -0.4 is 5.73 Å². The maximum Gasteiger partial charge on any atom is 0.0231 e. The summed E-state index contributed by atoms with van der Waals surface area (Å²) in [6, 6.07) is 0. The van der Waals surface area contributed by atoms with E-state index in [1.165, 1.54) is 44.6 Å². The predicted molar refractivity (Wildman–Crippen MR) is 65.9 cm³/mol. The summed E-state index contributed by atoms with van der Waals surface area (Å²) < 4.78 is 0.464. The van der Waals surface area contributed by atoms with Crippen LogP contribution in [-0.2, 0) is 0 Å². The van der Waals surface area contributed by atoms with Crippen LogP contribution in [0.5, 0.6) is 0 Å². The summed E-state index contributed by atoms with van der Waals surface area (Å²) in [5.74, 6) is 1.30. The molecule has 14 heavy (non-hydrogen) atoms. The highest BCUT2D eigenvalue weighted by molar-refractivity contribution is 8.00. The van der Waals surface area contributed by atoms with Crippen LogP contribution in [-0.4, -0.2) is 41.6 Å². The van der Waals surface area contributed by atoms with Gasteiger partial charge in [0.15, 0.2) is 0 Å². The zero-order valence-electron chi connectivity index (χ0n) is 9.59. The number of hydrogen-bond donors (Lipinski definition) is 1. The maximum absolute atomic E-state index is 5.47. The molecule has 0 aliphatic carbocycles. The molecule has 0 bridgehead atoms. The van der Waals surface area contributed by atoms with Gasteiger partial charge in [0, 0.05) is 23.6 Å². The fourth-order valence-corrected chi connectivity index (χ4v) is 3.14. The van der Waals surface area contributed by atoms with E-state index in [4.69, 9.17) is 5.73 Å². The minimum atomic E-state index is 0.464. The van der Waals surface area contributed by atoms with Crippen LogP contribution in [0.25, 0.3) is 0 Å². The van der Waals surface area contributed by atoms with Crippen LogP contribution >= 0.6 is 11.8 Å². The molecule has 0 unspecified atom stereocenters. The van der Waals surface area contributed by atoms with Crippen molar-refractivity contribution in [1.82, 2.24) is 4.90 Å². The maximum atomic E-state index is 5.47. The van der Waals surface area contributed by atoms with E-state index >= 15 is 0 Å². The van der Waals surface area contributed by atoms with Crippen molar-refractivity contribution in [2.75, 3.05) is 31.9 Å². The average molecular weight is 216 g/mol. The van der Waals surface area contributed by atoms with E-state index in [1.807, 2.05) is 0 Å². The molecule has 1 saturated heterocycles. The van der Waals surface area contributed by atoms with Gasteiger partial charge in [-0.2, -0.15) is 11.8 Å². The molecule has 0 atom stereocenters. The van der Waals surface area contributed by atoms with Gasteiger partial charge < -0.3 is 10.6 Å². The molecule has 1 rings (SSSR count). The lowest BCUT2D eigenvalue weighted by Crippen LogP contribution is -2.43. The van der Waals surface area contributed by atoms with Gasteiger partial charge in [0.05, 0.1) is 0 Å². The smallest absolute Gasteiger partial charge is 0.0231 e. The number of unbranched alkanes of at least 4 members (excludes halogenated alkanes) is 2. The van der Waals surface area contributed by atoms with Crippen LogP contribution in [0.4, 0.5) is 0 Å². The van der Waals surface area contributed by atoms with E-state index in [9.17, 15) is 0 Å². The van der Waals surface area contributed by atoms with Gasteiger partial charge in [0.25, 0.3) is 0 Å². The molecule has 2 nitrogen and oxygen atoms in total. The van der Waals surface area contributed by atoms with Crippen molar-refractivity contribution in [2.45, 2.75) is 37.9 Å². The lowest BCUT2D eigenvalue weighted by Gasteiger charge is -2.37. The molecular formula is C11H24N2S. The molecule has 1 aliphatic rings. The fraction of sp³-hybridized carbons (Fsp3) is 1.00. The number of nitrogens with two attached hydrogens (primary N) is 1. The van der Waals surface area contributed by atoms with E-state index in [0.29, 0.717) is 4.75 Å². The number of hydrogen-bond acceptors (Lipinski definition) is 3. The highest BCUT2D eigenvalue weighted by Gasteiger charge is 2.26. The minimum Gasteiger partial charge on any atom is -0.330 e. The van der Waals surface area contributed by atoms with E-state index in [1.54, 1.807) is 0 Å². The molecule has 2 N–H and O–H groups in total. The Balaban J connectivity index is 2.12. The number of nitrogens with zero attached hydrogens (tertiary/aromatic N) is 1. The summed E-state index contributed by atoms with van der Waals surface area (Å²) in [7, 11) is 0. The summed E-state index contributed by atoms with van der Waals surface area (Å²) >= 11 is 2.11. The molecule has 0 aromatic carbocycles. The second-order valence-corrected chi connectivity index (χ2v) is 6.54. The topological polar surface area (TPSA) is 29.3 Å². The highest BCUT2D eigenvalue weighted by Crippen LogP contribution is 2.29. The van der Waals surface area contributed by atoms with Crippen LogP contribution in [0.2, 0.25) is 0 Å². The quantitative estimate of drug-likeness (QED) is 0.712. The SMILES string of the molecule is CC1(C)CN(CCCCCN)CCS1. The summed E-state index contributed by atoms with van der Waals surface area (Å²) in [4.78, 5) is 2.60. The molecule has 0 aromatic heterocycles. The Hall–Kier alpha value is 0.270. The first-order valence-electron chi connectivity index (χ1n) is 5.70. The first-order chi connectivity index (χ1) is 6.64. The minimum absolute atomic E-state index is 0.464. The van der Waals surface area contributed by atoms with Gasteiger partial charge in [-0.25, -0.2) is 0 Å². The van der Waals surface area contributed by atoms with Crippen molar-refractivity contribution >= 4 is 11.8 Å². The zero-order chi connectivity index (χ0) is 10.4. The van der Waals surface area contributed by atoms with Gasteiger partial charge in [0.1, 0.15) is 0 Å². The first-order valence-corrected chi connectivity index (χ1v) is 6.69. The van der Waals surface area contributed by atoms with Crippen molar-refractivity contribution in [3.63, 3.8) is 0 Å². The third-order valence-corrected chi connectivity index (χ3v) is 3.98. The summed E-state index contributed by atoms with van der Waals surface area (Å²) in [5, 5.41) is 0. The Labute approximate surface area is 92.6 Å². The van der Waals surface area contributed by atoms with Gasteiger partial charge in [-0.15, -0.1) is 0 Å². The first kappa shape index (κ1) is 12.3. The largest absolute Gasteiger partial charge is 0.330 e. The van der Waals surface area contributed by atoms with E-state index in [-0.39, 0.29) is 0 Å². The van der Waals surface area contributed by atoms with Crippen LogP contribution in [0.3, 0.4) is 0 Å². The lowest BCUT2D eigenvalue weighted by molar-refractivity contribution is 0.255. The van der Waals surface area contributed by atoms with Crippen molar-refractivity contribution in [1.29, 1.82) is 0 Å². The molecule has 1 fully saturated rings. The lowest BCUT2D eigenvalue weighted by atomic mass is 10.1. The van der Waals surface area contributed by atoms with Gasteiger partial charge >= 0.3 is 0 Å². The number of rotatable bonds is 5.